The van der Waals surface area contributed by atoms with E-state index in [2.05, 4.69) is 13.5 Å². The molecule has 0 radical (unpaired) electrons. The van der Waals surface area contributed by atoms with Gasteiger partial charge in [-0.25, -0.2) is 0 Å². The van der Waals surface area contributed by atoms with Gasteiger partial charge in [-0.05, 0) is 33.1 Å². The number of hydrogen-bond acceptors (Lipinski definition) is 5. The van der Waals surface area contributed by atoms with Gasteiger partial charge >= 0.3 is 5.97 Å². The Balaban J connectivity index is 2.07. The third-order valence-electron chi connectivity index (χ3n) is 6.90. The van der Waals surface area contributed by atoms with Crippen molar-refractivity contribution >= 4 is 29.5 Å². The Morgan fingerprint density at radius 3 is 2.69 bits per heavy atom. The van der Waals surface area contributed by atoms with Crippen LogP contribution in [0, 0.1) is 11.8 Å². The lowest BCUT2D eigenvalue weighted by Gasteiger charge is -2.38. The van der Waals surface area contributed by atoms with Gasteiger partial charge in [0.2, 0.25) is 11.8 Å². The minimum atomic E-state index is -0.974. The quantitative estimate of drug-likeness (QED) is 0.547. The fourth-order valence-electron chi connectivity index (χ4n) is 5.55. The number of carbonyl (C=O) groups is 3. The lowest BCUT2D eigenvalue weighted by atomic mass is 9.66. The van der Waals surface area contributed by atoms with E-state index in [-0.39, 0.29) is 18.4 Å². The molecular weight excluding hydrogens is 392 g/mol. The summed E-state index contributed by atoms with van der Waals surface area (Å²) in [7, 11) is 0. The second-order valence-corrected chi connectivity index (χ2v) is 10.7. The topological polar surface area (TPSA) is 98.2 Å². The van der Waals surface area contributed by atoms with Gasteiger partial charge in [0.15, 0.2) is 0 Å². The molecule has 3 aliphatic heterocycles. The number of fused-ring (bicyclic) bond motifs is 1. The molecule has 2 bridgehead atoms. The largest absolute Gasteiger partial charge is 0.481 e. The monoisotopic (exact) mass is 424 g/mol. The molecular formula is C21H32N2O5S. The SMILES string of the molecule is C=CCN(CCCC)C(=O)C1N([C@H](C)CO)C(=O)[C@@H]2[C@@H](C(=O)O)[C@@]3(C)CCC12S3. The van der Waals surface area contributed by atoms with Crippen molar-refractivity contribution in [3.05, 3.63) is 12.7 Å². The van der Waals surface area contributed by atoms with Crippen molar-refractivity contribution in [3.8, 4) is 0 Å². The Hall–Kier alpha value is -1.54. The van der Waals surface area contributed by atoms with Gasteiger partial charge in [0.1, 0.15) is 6.04 Å². The van der Waals surface area contributed by atoms with Crippen LogP contribution in [-0.2, 0) is 14.4 Å². The van der Waals surface area contributed by atoms with E-state index in [1.165, 1.54) is 16.7 Å². The zero-order valence-electron chi connectivity index (χ0n) is 17.5. The van der Waals surface area contributed by atoms with Crippen LogP contribution >= 0.6 is 11.8 Å². The highest BCUT2D eigenvalue weighted by Gasteiger charge is 2.77. The van der Waals surface area contributed by atoms with E-state index >= 15 is 0 Å². The number of likely N-dealkylation sites (tertiary alicyclic amines) is 1. The van der Waals surface area contributed by atoms with Crippen LogP contribution in [0.2, 0.25) is 0 Å². The maximum atomic E-state index is 13.8. The van der Waals surface area contributed by atoms with Crippen molar-refractivity contribution in [3.63, 3.8) is 0 Å². The van der Waals surface area contributed by atoms with Crippen molar-refractivity contribution in [2.24, 2.45) is 11.8 Å². The summed E-state index contributed by atoms with van der Waals surface area (Å²) in [5, 5.41) is 19.7. The molecule has 3 fully saturated rings. The van der Waals surface area contributed by atoms with Gasteiger partial charge in [-0.3, -0.25) is 14.4 Å². The first-order chi connectivity index (χ1) is 13.7. The molecule has 2 amide bonds. The van der Waals surface area contributed by atoms with Crippen LogP contribution in [0.15, 0.2) is 12.7 Å². The molecule has 3 aliphatic rings. The minimum Gasteiger partial charge on any atom is -0.481 e. The van der Waals surface area contributed by atoms with Crippen LogP contribution in [-0.4, -0.2) is 79.1 Å². The van der Waals surface area contributed by atoms with Crippen LogP contribution in [0.5, 0.6) is 0 Å². The first-order valence-corrected chi connectivity index (χ1v) is 11.3. The lowest BCUT2D eigenvalue weighted by molar-refractivity contribution is -0.151. The predicted molar refractivity (Wildman–Crippen MR) is 111 cm³/mol. The summed E-state index contributed by atoms with van der Waals surface area (Å²) >= 11 is 1.52. The summed E-state index contributed by atoms with van der Waals surface area (Å²) in [5.41, 5.74) is 0. The number of nitrogens with zero attached hydrogens (tertiary/aromatic N) is 2. The second-order valence-electron chi connectivity index (χ2n) is 8.77. The third kappa shape index (κ3) is 3.19. The number of hydrogen-bond donors (Lipinski definition) is 2. The Morgan fingerprint density at radius 1 is 1.45 bits per heavy atom. The number of carboxylic acid groups (broad SMARTS) is 1. The first kappa shape index (κ1) is 22.2. The summed E-state index contributed by atoms with van der Waals surface area (Å²) in [5.74, 6) is -2.98. The van der Waals surface area contributed by atoms with E-state index in [4.69, 9.17) is 0 Å². The number of unbranched alkanes of at least 4 members (excludes halogenated alkanes) is 1. The molecule has 29 heavy (non-hydrogen) atoms. The van der Waals surface area contributed by atoms with Crippen LogP contribution < -0.4 is 0 Å². The third-order valence-corrected chi connectivity index (χ3v) is 8.88. The van der Waals surface area contributed by atoms with Crippen LogP contribution in [0.1, 0.15) is 46.5 Å². The van der Waals surface area contributed by atoms with Crippen molar-refractivity contribution < 1.29 is 24.6 Å². The predicted octanol–water partition coefficient (Wildman–Crippen LogP) is 1.75. The molecule has 6 atom stereocenters. The van der Waals surface area contributed by atoms with Gasteiger partial charge in [0.25, 0.3) is 0 Å². The van der Waals surface area contributed by atoms with Crippen LogP contribution in [0.4, 0.5) is 0 Å². The highest BCUT2D eigenvalue weighted by molar-refractivity contribution is 8.02. The molecule has 0 aromatic carbocycles. The Labute approximate surface area is 176 Å². The van der Waals surface area contributed by atoms with Gasteiger partial charge in [-0.2, -0.15) is 0 Å². The standard InChI is InChI=1S/C21H32N2O5S/c1-5-7-11-22(10-6-2)18(26)16-21-9-8-20(4,29-21)15(19(27)28)14(21)17(25)23(16)13(3)12-24/h6,13-16,24H,2,5,7-12H2,1,3-4H3,(H,27,28)/t13-,14+,15+,16?,20-,21?/m1/s1. The van der Waals surface area contributed by atoms with Crippen molar-refractivity contribution in [1.82, 2.24) is 9.80 Å². The zero-order valence-corrected chi connectivity index (χ0v) is 18.3. The number of aliphatic hydroxyl groups is 1. The molecule has 0 saturated carbocycles. The number of rotatable bonds is 9. The number of aliphatic carboxylic acids is 1. The molecule has 3 heterocycles. The smallest absolute Gasteiger partial charge is 0.308 e. The highest BCUT2D eigenvalue weighted by Crippen LogP contribution is 2.71. The average Bonchev–Trinajstić information content (AvgIpc) is 3.24. The number of carbonyl (C=O) groups excluding carboxylic acids is 2. The lowest BCUT2D eigenvalue weighted by Crippen LogP contribution is -2.57. The molecule has 2 N–H and O–H groups in total. The molecule has 2 unspecified atom stereocenters. The van der Waals surface area contributed by atoms with Crippen molar-refractivity contribution in [2.75, 3.05) is 19.7 Å². The minimum absolute atomic E-state index is 0.155. The van der Waals surface area contributed by atoms with E-state index in [1.54, 1.807) is 17.9 Å². The van der Waals surface area contributed by atoms with Crippen molar-refractivity contribution in [2.45, 2.75) is 68.0 Å². The fraction of sp³-hybridized carbons (Fsp3) is 0.762. The fourth-order valence-corrected chi connectivity index (χ4v) is 7.88. The molecule has 0 aromatic rings. The maximum absolute atomic E-state index is 13.8. The molecule has 8 heteroatoms. The number of aliphatic hydroxyl groups excluding tert-OH is 1. The molecule has 1 spiro atoms. The summed E-state index contributed by atoms with van der Waals surface area (Å²) in [6, 6.07) is -1.30. The zero-order chi connectivity index (χ0) is 21.6. The van der Waals surface area contributed by atoms with E-state index < -0.39 is 39.4 Å². The molecule has 162 valence electrons. The van der Waals surface area contributed by atoms with E-state index in [0.717, 1.165) is 12.8 Å². The molecule has 7 nitrogen and oxygen atoms in total. The Morgan fingerprint density at radius 2 is 2.14 bits per heavy atom. The summed E-state index contributed by atoms with van der Waals surface area (Å²) < 4.78 is -1.30. The van der Waals surface area contributed by atoms with E-state index in [9.17, 15) is 24.6 Å². The first-order valence-electron chi connectivity index (χ1n) is 10.4. The maximum Gasteiger partial charge on any atom is 0.308 e. The van der Waals surface area contributed by atoms with Gasteiger partial charge < -0.3 is 20.0 Å². The number of amides is 2. The number of thioether (sulfide) groups is 1. The van der Waals surface area contributed by atoms with Gasteiger partial charge in [-0.1, -0.05) is 19.4 Å². The van der Waals surface area contributed by atoms with E-state index in [1.807, 2.05) is 6.92 Å². The molecule has 0 aliphatic carbocycles. The highest BCUT2D eigenvalue weighted by atomic mass is 32.2. The summed E-state index contributed by atoms with van der Waals surface area (Å²) in [6.07, 6.45) is 4.76. The molecule has 0 aromatic heterocycles. The molecule has 3 saturated heterocycles. The van der Waals surface area contributed by atoms with Gasteiger partial charge in [-0.15, -0.1) is 18.3 Å². The van der Waals surface area contributed by atoms with Gasteiger partial charge in [0, 0.05) is 17.8 Å². The Kier molecular flexibility index (Phi) is 6.07. The number of carboxylic acids is 1. The van der Waals surface area contributed by atoms with Crippen LogP contribution in [0.3, 0.4) is 0 Å². The van der Waals surface area contributed by atoms with Crippen molar-refractivity contribution in [1.29, 1.82) is 0 Å². The van der Waals surface area contributed by atoms with E-state index in [0.29, 0.717) is 25.9 Å². The molecule has 3 rings (SSSR count). The summed E-state index contributed by atoms with van der Waals surface area (Å²) in [4.78, 5) is 42.6. The normalized spacial score (nSPS) is 36.2. The summed E-state index contributed by atoms with van der Waals surface area (Å²) in [6.45, 7) is 10.1. The van der Waals surface area contributed by atoms with Crippen LogP contribution in [0.25, 0.3) is 0 Å². The average molecular weight is 425 g/mol. The second kappa shape index (κ2) is 7.95. The van der Waals surface area contributed by atoms with Gasteiger partial charge in [0.05, 0.1) is 29.2 Å². The Bertz CT molecular complexity index is 715.